The van der Waals surface area contributed by atoms with E-state index in [0.717, 1.165) is 37.2 Å². The van der Waals surface area contributed by atoms with Crippen LogP contribution in [0.15, 0.2) is 5.38 Å². The molecule has 1 fully saturated rings. The van der Waals surface area contributed by atoms with E-state index in [9.17, 15) is 4.79 Å². The van der Waals surface area contributed by atoms with Gasteiger partial charge in [-0.05, 0) is 37.2 Å². The van der Waals surface area contributed by atoms with E-state index in [0.29, 0.717) is 31.0 Å². The van der Waals surface area contributed by atoms with Gasteiger partial charge >= 0.3 is 0 Å². The number of ether oxygens (including phenoxy) is 1. The molecular formula is C11H18N4O2S. The van der Waals surface area contributed by atoms with Crippen LogP contribution in [0, 0.1) is 0 Å². The molecule has 0 spiro atoms. The summed E-state index contributed by atoms with van der Waals surface area (Å²) in [4.78, 5) is 11.5. The van der Waals surface area contributed by atoms with Crippen LogP contribution in [0.1, 0.15) is 36.2 Å². The summed E-state index contributed by atoms with van der Waals surface area (Å²) in [7, 11) is 0. The van der Waals surface area contributed by atoms with Gasteiger partial charge in [-0.15, -0.1) is 5.10 Å². The maximum Gasteiger partial charge on any atom is 0.272 e. The predicted molar refractivity (Wildman–Crippen MR) is 68.4 cm³/mol. The van der Waals surface area contributed by atoms with E-state index in [4.69, 9.17) is 10.5 Å². The van der Waals surface area contributed by atoms with Crippen LogP contribution in [0.3, 0.4) is 0 Å². The minimum absolute atomic E-state index is 0.196. The summed E-state index contributed by atoms with van der Waals surface area (Å²) in [6.07, 6.45) is 4.39. The highest BCUT2D eigenvalue weighted by molar-refractivity contribution is 7.03. The zero-order valence-electron chi connectivity index (χ0n) is 10.2. The zero-order valence-corrected chi connectivity index (χ0v) is 11.0. The molecule has 3 N–H and O–H groups in total. The average Bonchev–Trinajstić information content (AvgIpc) is 2.90. The van der Waals surface area contributed by atoms with E-state index in [1.807, 2.05) is 0 Å². The summed E-state index contributed by atoms with van der Waals surface area (Å²) in [6, 6.07) is 0.335. The third-order valence-electron chi connectivity index (χ3n) is 3.05. The van der Waals surface area contributed by atoms with Crippen LogP contribution in [-0.4, -0.2) is 40.8 Å². The van der Waals surface area contributed by atoms with Crippen molar-refractivity contribution >= 4 is 17.4 Å². The third-order valence-corrected chi connectivity index (χ3v) is 3.56. The number of rotatable bonds is 5. The van der Waals surface area contributed by atoms with E-state index < -0.39 is 0 Å². The molecule has 2 rings (SSSR count). The molecule has 1 aliphatic rings. The van der Waals surface area contributed by atoms with Crippen molar-refractivity contribution in [3.8, 4) is 0 Å². The number of hydrogen-bond acceptors (Lipinski definition) is 6. The van der Waals surface area contributed by atoms with Gasteiger partial charge in [-0.2, -0.15) is 0 Å². The fourth-order valence-electron chi connectivity index (χ4n) is 2.00. The first-order chi connectivity index (χ1) is 8.75. The number of hydrogen-bond donors (Lipinski definition) is 2. The molecule has 1 amide bonds. The monoisotopic (exact) mass is 270 g/mol. The number of nitrogens with zero attached hydrogens (tertiary/aromatic N) is 2. The maximum absolute atomic E-state index is 11.5. The third kappa shape index (κ3) is 4.01. The molecule has 1 saturated carbocycles. The number of nitrogens with one attached hydrogen (secondary N) is 1. The summed E-state index contributed by atoms with van der Waals surface area (Å²) in [5.74, 6) is -0.196. The van der Waals surface area contributed by atoms with Gasteiger partial charge in [0.05, 0.1) is 12.7 Å². The molecule has 0 radical (unpaired) electrons. The molecule has 1 aromatic rings. The van der Waals surface area contributed by atoms with Crippen molar-refractivity contribution in [3.63, 3.8) is 0 Å². The molecule has 0 unspecified atom stereocenters. The van der Waals surface area contributed by atoms with E-state index >= 15 is 0 Å². The quantitative estimate of drug-likeness (QED) is 0.763. The summed E-state index contributed by atoms with van der Waals surface area (Å²) in [6.45, 7) is 1.03. The van der Waals surface area contributed by atoms with Crippen LogP contribution in [-0.2, 0) is 4.74 Å². The SMILES string of the molecule is NC1CCC(OCCNC(=O)c2csnn2)CC1. The first kappa shape index (κ1) is 13.4. The Morgan fingerprint density at radius 1 is 1.50 bits per heavy atom. The second-order valence-corrected chi connectivity index (χ2v) is 5.06. The van der Waals surface area contributed by atoms with Crippen LogP contribution in [0.4, 0.5) is 0 Å². The lowest BCUT2D eigenvalue weighted by atomic mass is 9.94. The summed E-state index contributed by atoms with van der Waals surface area (Å²) >= 11 is 1.16. The second kappa shape index (κ2) is 6.77. The topological polar surface area (TPSA) is 90.1 Å². The zero-order chi connectivity index (χ0) is 12.8. The summed E-state index contributed by atoms with van der Waals surface area (Å²) < 4.78 is 9.34. The Labute approximate surface area is 110 Å². The van der Waals surface area contributed by atoms with E-state index in [2.05, 4.69) is 14.9 Å². The number of aromatic nitrogens is 2. The normalized spacial score (nSPS) is 23.8. The molecule has 0 aliphatic heterocycles. The standard InChI is InChI=1S/C11H18N4O2S/c12-8-1-3-9(4-2-8)17-6-5-13-11(16)10-7-18-15-14-10/h7-9H,1-6,12H2,(H,13,16). The van der Waals surface area contributed by atoms with Crippen molar-refractivity contribution < 1.29 is 9.53 Å². The fourth-order valence-corrected chi connectivity index (χ4v) is 2.44. The number of carbonyl (C=O) groups excluding carboxylic acids is 1. The molecule has 0 atom stereocenters. The Balaban J connectivity index is 1.57. The van der Waals surface area contributed by atoms with Gasteiger partial charge in [0.2, 0.25) is 0 Å². The molecule has 0 bridgehead atoms. The molecule has 0 aromatic carbocycles. The van der Waals surface area contributed by atoms with Gasteiger partial charge in [0.15, 0.2) is 5.69 Å². The molecule has 18 heavy (non-hydrogen) atoms. The largest absolute Gasteiger partial charge is 0.376 e. The Morgan fingerprint density at radius 3 is 2.94 bits per heavy atom. The maximum atomic E-state index is 11.5. The number of amides is 1. The molecule has 6 nitrogen and oxygen atoms in total. The second-order valence-electron chi connectivity index (χ2n) is 4.45. The molecule has 0 saturated heterocycles. The van der Waals surface area contributed by atoms with Crippen molar-refractivity contribution in [3.05, 3.63) is 11.1 Å². The van der Waals surface area contributed by atoms with Gasteiger partial charge in [-0.25, -0.2) is 0 Å². The van der Waals surface area contributed by atoms with Crippen LogP contribution in [0.5, 0.6) is 0 Å². The van der Waals surface area contributed by atoms with Crippen molar-refractivity contribution in [2.45, 2.75) is 37.8 Å². The minimum Gasteiger partial charge on any atom is -0.376 e. The van der Waals surface area contributed by atoms with Crippen molar-refractivity contribution in [1.82, 2.24) is 14.9 Å². The van der Waals surface area contributed by atoms with Gasteiger partial charge in [0.1, 0.15) is 0 Å². The van der Waals surface area contributed by atoms with Crippen LogP contribution < -0.4 is 11.1 Å². The molecule has 100 valence electrons. The lowest BCUT2D eigenvalue weighted by Crippen LogP contribution is -2.33. The van der Waals surface area contributed by atoms with Crippen LogP contribution in [0.2, 0.25) is 0 Å². The Morgan fingerprint density at radius 2 is 2.28 bits per heavy atom. The van der Waals surface area contributed by atoms with Gasteiger partial charge < -0.3 is 15.8 Å². The average molecular weight is 270 g/mol. The Hall–Kier alpha value is -1.05. The van der Waals surface area contributed by atoms with E-state index in [1.54, 1.807) is 5.38 Å². The minimum atomic E-state index is -0.196. The van der Waals surface area contributed by atoms with Gasteiger partial charge in [0.25, 0.3) is 5.91 Å². The van der Waals surface area contributed by atoms with Gasteiger partial charge in [-0.3, -0.25) is 4.79 Å². The molecule has 1 heterocycles. The van der Waals surface area contributed by atoms with Gasteiger partial charge in [-0.1, -0.05) is 4.49 Å². The Bertz CT molecular complexity index is 363. The molecule has 1 aromatic heterocycles. The first-order valence-corrected chi connectivity index (χ1v) is 7.02. The Kier molecular flexibility index (Phi) is 5.03. The first-order valence-electron chi connectivity index (χ1n) is 6.18. The van der Waals surface area contributed by atoms with Crippen molar-refractivity contribution in [2.75, 3.05) is 13.2 Å². The predicted octanol–water partition coefficient (Wildman–Crippen LogP) is 0.554. The number of nitrogens with two attached hydrogens (primary N) is 1. The number of carbonyl (C=O) groups is 1. The highest BCUT2D eigenvalue weighted by atomic mass is 32.1. The fraction of sp³-hybridized carbons (Fsp3) is 0.727. The van der Waals surface area contributed by atoms with Crippen molar-refractivity contribution in [1.29, 1.82) is 0 Å². The van der Waals surface area contributed by atoms with Crippen LogP contribution >= 0.6 is 11.5 Å². The highest BCUT2D eigenvalue weighted by Crippen LogP contribution is 2.19. The van der Waals surface area contributed by atoms with Gasteiger partial charge in [0, 0.05) is 18.0 Å². The highest BCUT2D eigenvalue weighted by Gasteiger charge is 2.18. The molecular weight excluding hydrogens is 252 g/mol. The molecule has 1 aliphatic carbocycles. The smallest absolute Gasteiger partial charge is 0.272 e. The lowest BCUT2D eigenvalue weighted by molar-refractivity contribution is 0.0267. The molecule has 7 heteroatoms. The summed E-state index contributed by atoms with van der Waals surface area (Å²) in [5.41, 5.74) is 6.19. The van der Waals surface area contributed by atoms with Crippen LogP contribution in [0.25, 0.3) is 0 Å². The van der Waals surface area contributed by atoms with Crippen molar-refractivity contribution in [2.24, 2.45) is 5.73 Å². The lowest BCUT2D eigenvalue weighted by Gasteiger charge is -2.26. The van der Waals surface area contributed by atoms with E-state index in [-0.39, 0.29) is 5.91 Å². The van der Waals surface area contributed by atoms with E-state index in [1.165, 1.54) is 0 Å². The summed E-state index contributed by atoms with van der Waals surface area (Å²) in [5, 5.41) is 8.07.